The molecule has 2 rings (SSSR count). The van der Waals surface area contributed by atoms with Gasteiger partial charge in [-0.25, -0.2) is 4.98 Å². The molecule has 1 aromatic heterocycles. The fraction of sp³-hybridized carbons (Fsp3) is 0.500. The van der Waals surface area contributed by atoms with Crippen LogP contribution < -0.4 is 5.73 Å². The van der Waals surface area contributed by atoms with Gasteiger partial charge in [0, 0.05) is 23.0 Å². The average molecular weight is 266 g/mol. The third-order valence-electron chi connectivity index (χ3n) is 3.39. The summed E-state index contributed by atoms with van der Waals surface area (Å²) in [5, 5.41) is 0.740. The van der Waals surface area contributed by atoms with Crippen molar-refractivity contribution in [2.45, 2.75) is 45.7 Å². The van der Waals surface area contributed by atoms with Crippen molar-refractivity contribution in [3.8, 4) is 0 Å². The van der Waals surface area contributed by atoms with E-state index in [2.05, 4.69) is 25.3 Å². The maximum Gasteiger partial charge on any atom is 0.114 e. The topological polar surface area (TPSA) is 43.8 Å². The number of rotatable bonds is 3. The number of fused-ring (bicyclic) bond motifs is 1. The lowest BCUT2D eigenvalue weighted by atomic mass is 10.0. The molecule has 98 valence electrons. The van der Waals surface area contributed by atoms with E-state index < -0.39 is 0 Å². The van der Waals surface area contributed by atoms with Crippen LogP contribution in [0.1, 0.15) is 45.5 Å². The molecule has 0 fully saturated rings. The van der Waals surface area contributed by atoms with Crippen molar-refractivity contribution in [3.63, 3.8) is 0 Å². The van der Waals surface area contributed by atoms with Gasteiger partial charge in [0.25, 0.3) is 0 Å². The van der Waals surface area contributed by atoms with Gasteiger partial charge in [0.1, 0.15) is 5.82 Å². The highest BCUT2D eigenvalue weighted by molar-refractivity contribution is 6.31. The Balaban J connectivity index is 2.69. The fourth-order valence-corrected chi connectivity index (χ4v) is 2.35. The first-order valence-electron chi connectivity index (χ1n) is 6.34. The minimum Gasteiger partial charge on any atom is -0.327 e. The molecule has 0 radical (unpaired) electrons. The molecule has 0 amide bonds. The van der Waals surface area contributed by atoms with Crippen LogP contribution in [0, 0.1) is 0 Å². The molecule has 2 aromatic rings. The summed E-state index contributed by atoms with van der Waals surface area (Å²) in [6, 6.07) is 6.23. The van der Waals surface area contributed by atoms with E-state index in [1.165, 1.54) is 0 Å². The van der Waals surface area contributed by atoms with Crippen molar-refractivity contribution in [2.75, 3.05) is 0 Å². The molecule has 1 heterocycles. The summed E-state index contributed by atoms with van der Waals surface area (Å²) in [5.41, 5.74) is 8.07. The number of nitrogens with zero attached hydrogens (tertiary/aromatic N) is 2. The summed E-state index contributed by atoms with van der Waals surface area (Å²) in [5.74, 6) is 1.26. The van der Waals surface area contributed by atoms with Crippen molar-refractivity contribution in [3.05, 3.63) is 29.0 Å². The standard InChI is InChI=1S/C14H20ClN3/c1-8(2)18-13-7-11(15)5-6-12(13)17-14(18)9(3)10(4)16/h5-10H,16H2,1-4H3. The molecule has 2 unspecified atom stereocenters. The number of benzene rings is 1. The maximum absolute atomic E-state index is 6.08. The van der Waals surface area contributed by atoms with Crippen molar-refractivity contribution in [1.82, 2.24) is 9.55 Å². The van der Waals surface area contributed by atoms with E-state index in [-0.39, 0.29) is 12.0 Å². The van der Waals surface area contributed by atoms with Gasteiger partial charge in [0.15, 0.2) is 0 Å². The van der Waals surface area contributed by atoms with Gasteiger partial charge in [0.05, 0.1) is 11.0 Å². The predicted molar refractivity (Wildman–Crippen MR) is 77.2 cm³/mol. The van der Waals surface area contributed by atoms with Crippen molar-refractivity contribution < 1.29 is 0 Å². The predicted octanol–water partition coefficient (Wildman–Crippen LogP) is 3.72. The van der Waals surface area contributed by atoms with Crippen LogP contribution in [0.2, 0.25) is 5.02 Å². The number of hydrogen-bond donors (Lipinski definition) is 1. The van der Waals surface area contributed by atoms with E-state index in [1.54, 1.807) is 0 Å². The van der Waals surface area contributed by atoms with Gasteiger partial charge in [0.2, 0.25) is 0 Å². The molecule has 0 bridgehead atoms. The lowest BCUT2D eigenvalue weighted by Crippen LogP contribution is -2.25. The molecule has 3 nitrogen and oxygen atoms in total. The second kappa shape index (κ2) is 4.90. The van der Waals surface area contributed by atoms with E-state index in [1.807, 2.05) is 25.1 Å². The highest BCUT2D eigenvalue weighted by Crippen LogP contribution is 2.28. The highest BCUT2D eigenvalue weighted by atomic mass is 35.5. The summed E-state index contributed by atoms with van der Waals surface area (Å²) < 4.78 is 2.23. The third-order valence-corrected chi connectivity index (χ3v) is 3.63. The Morgan fingerprint density at radius 3 is 2.44 bits per heavy atom. The van der Waals surface area contributed by atoms with Crippen LogP contribution in [0.4, 0.5) is 0 Å². The summed E-state index contributed by atoms with van der Waals surface area (Å²) in [6.45, 7) is 8.44. The third kappa shape index (κ3) is 2.25. The van der Waals surface area contributed by atoms with Crippen LogP contribution in [0.5, 0.6) is 0 Å². The van der Waals surface area contributed by atoms with Crippen LogP contribution >= 0.6 is 11.6 Å². The molecular weight excluding hydrogens is 246 g/mol. The first-order valence-corrected chi connectivity index (χ1v) is 6.72. The number of imidazole rings is 1. The quantitative estimate of drug-likeness (QED) is 0.919. The Labute approximate surface area is 113 Å². The molecule has 0 aliphatic carbocycles. The molecule has 0 spiro atoms. The maximum atomic E-state index is 6.08. The minimum atomic E-state index is 0.0785. The molecule has 0 aliphatic rings. The second-order valence-corrected chi connectivity index (χ2v) is 5.65. The number of nitrogens with two attached hydrogens (primary N) is 1. The van der Waals surface area contributed by atoms with Gasteiger partial charge >= 0.3 is 0 Å². The number of halogens is 1. The van der Waals surface area contributed by atoms with Crippen molar-refractivity contribution >= 4 is 22.6 Å². The van der Waals surface area contributed by atoms with Crippen LogP contribution in [-0.4, -0.2) is 15.6 Å². The smallest absolute Gasteiger partial charge is 0.114 e. The van der Waals surface area contributed by atoms with E-state index in [0.29, 0.717) is 6.04 Å². The zero-order valence-electron chi connectivity index (χ0n) is 11.3. The normalized spacial score (nSPS) is 15.3. The molecule has 1 aromatic carbocycles. The van der Waals surface area contributed by atoms with Crippen LogP contribution in [-0.2, 0) is 0 Å². The lowest BCUT2D eigenvalue weighted by Gasteiger charge is -2.20. The SMILES string of the molecule is CC(N)C(C)c1nc2ccc(Cl)cc2n1C(C)C. The molecule has 0 saturated carbocycles. The molecule has 4 heteroatoms. The molecular formula is C14H20ClN3. The number of aromatic nitrogens is 2. The summed E-state index contributed by atoms with van der Waals surface area (Å²) in [7, 11) is 0. The Morgan fingerprint density at radius 1 is 1.22 bits per heavy atom. The Hall–Kier alpha value is -1.06. The van der Waals surface area contributed by atoms with Gasteiger partial charge in [-0.3, -0.25) is 0 Å². The highest BCUT2D eigenvalue weighted by Gasteiger charge is 2.20. The van der Waals surface area contributed by atoms with Crippen LogP contribution in [0.15, 0.2) is 18.2 Å². The van der Waals surface area contributed by atoms with E-state index in [0.717, 1.165) is 21.9 Å². The average Bonchev–Trinajstić information content (AvgIpc) is 2.65. The lowest BCUT2D eigenvalue weighted by molar-refractivity contribution is 0.511. The molecule has 0 saturated heterocycles. The summed E-state index contributed by atoms with van der Waals surface area (Å²) in [4.78, 5) is 4.72. The zero-order chi connectivity index (χ0) is 13.4. The zero-order valence-corrected chi connectivity index (χ0v) is 12.1. The summed E-state index contributed by atoms with van der Waals surface area (Å²) in [6.07, 6.45) is 0. The van der Waals surface area contributed by atoms with Gasteiger partial charge in [-0.1, -0.05) is 18.5 Å². The van der Waals surface area contributed by atoms with Gasteiger partial charge in [-0.15, -0.1) is 0 Å². The minimum absolute atomic E-state index is 0.0785. The largest absolute Gasteiger partial charge is 0.327 e. The molecule has 0 aliphatic heterocycles. The summed E-state index contributed by atoms with van der Waals surface area (Å²) >= 11 is 6.08. The number of hydrogen-bond acceptors (Lipinski definition) is 2. The Kier molecular flexibility index (Phi) is 3.64. The fourth-order valence-electron chi connectivity index (χ4n) is 2.18. The first kappa shape index (κ1) is 13.4. The van der Waals surface area contributed by atoms with Gasteiger partial charge in [-0.2, -0.15) is 0 Å². The van der Waals surface area contributed by atoms with Gasteiger partial charge < -0.3 is 10.3 Å². The van der Waals surface area contributed by atoms with Crippen molar-refractivity contribution in [1.29, 1.82) is 0 Å². The van der Waals surface area contributed by atoms with E-state index in [9.17, 15) is 0 Å². The molecule has 2 atom stereocenters. The van der Waals surface area contributed by atoms with E-state index >= 15 is 0 Å². The molecule has 18 heavy (non-hydrogen) atoms. The van der Waals surface area contributed by atoms with Crippen molar-refractivity contribution in [2.24, 2.45) is 5.73 Å². The molecule has 2 N–H and O–H groups in total. The Morgan fingerprint density at radius 2 is 1.89 bits per heavy atom. The Bertz CT molecular complexity index is 557. The first-order chi connectivity index (χ1) is 8.41. The second-order valence-electron chi connectivity index (χ2n) is 5.21. The van der Waals surface area contributed by atoms with E-state index in [4.69, 9.17) is 22.3 Å². The van der Waals surface area contributed by atoms with Crippen LogP contribution in [0.3, 0.4) is 0 Å². The monoisotopic (exact) mass is 265 g/mol. The van der Waals surface area contributed by atoms with Crippen LogP contribution in [0.25, 0.3) is 11.0 Å². The van der Waals surface area contributed by atoms with Gasteiger partial charge in [-0.05, 0) is 39.0 Å².